The van der Waals surface area contributed by atoms with E-state index in [4.69, 9.17) is 12.2 Å². The second-order valence-corrected chi connectivity index (χ2v) is 5.78. The molecule has 1 aromatic carbocycles. The number of aromatic nitrogens is 1. The second-order valence-electron chi connectivity index (χ2n) is 4.11. The van der Waals surface area contributed by atoms with Crippen molar-refractivity contribution in [2.45, 2.75) is 0 Å². The van der Waals surface area contributed by atoms with E-state index in [1.54, 1.807) is 17.2 Å². The molecule has 2 aromatic rings. The summed E-state index contributed by atoms with van der Waals surface area (Å²) in [5.41, 5.74) is 1.54. The zero-order chi connectivity index (χ0) is 13.9. The Hall–Kier alpha value is -1.98. The molecular formula is C15H10N2OS2. The maximum absolute atomic E-state index is 12.4. The van der Waals surface area contributed by atoms with Crippen LogP contribution in [0.25, 0.3) is 6.08 Å². The molecule has 0 atom stereocenters. The molecule has 1 amide bonds. The van der Waals surface area contributed by atoms with Gasteiger partial charge in [-0.25, -0.2) is 0 Å². The van der Waals surface area contributed by atoms with Crippen molar-refractivity contribution in [3.05, 3.63) is 65.3 Å². The number of rotatable bonds is 2. The van der Waals surface area contributed by atoms with Gasteiger partial charge in [0, 0.05) is 6.20 Å². The summed E-state index contributed by atoms with van der Waals surface area (Å²) in [6, 6.07) is 15.0. The molecule has 1 aliphatic heterocycles. The first kappa shape index (κ1) is 13.0. The number of thiocarbonyl (C=S) groups is 1. The SMILES string of the molecule is O=C1/C(=C\c2ccccn2)SC(=S)N1c1ccccc1. The molecule has 0 spiro atoms. The molecule has 1 aromatic heterocycles. The topological polar surface area (TPSA) is 33.2 Å². The van der Waals surface area contributed by atoms with Crippen LogP contribution in [-0.4, -0.2) is 15.2 Å². The summed E-state index contributed by atoms with van der Waals surface area (Å²) in [6.45, 7) is 0. The molecule has 3 nitrogen and oxygen atoms in total. The van der Waals surface area contributed by atoms with Gasteiger partial charge in [-0.1, -0.05) is 48.2 Å². The molecule has 1 fully saturated rings. The number of hydrogen-bond donors (Lipinski definition) is 0. The van der Waals surface area contributed by atoms with Crippen molar-refractivity contribution >= 4 is 46.0 Å². The van der Waals surface area contributed by atoms with Gasteiger partial charge in [-0.05, 0) is 30.3 Å². The van der Waals surface area contributed by atoms with Gasteiger partial charge in [0.05, 0.1) is 16.3 Å². The number of hydrogen-bond acceptors (Lipinski definition) is 4. The fourth-order valence-electron chi connectivity index (χ4n) is 1.86. The third kappa shape index (κ3) is 2.50. The van der Waals surface area contributed by atoms with E-state index >= 15 is 0 Å². The number of thioether (sulfide) groups is 1. The second kappa shape index (κ2) is 5.56. The molecular weight excluding hydrogens is 288 g/mol. The minimum Gasteiger partial charge on any atom is -0.268 e. The zero-order valence-corrected chi connectivity index (χ0v) is 12.0. The summed E-state index contributed by atoms with van der Waals surface area (Å²) in [6.07, 6.45) is 3.46. The molecule has 0 bridgehead atoms. The van der Waals surface area contributed by atoms with Crippen LogP contribution in [0.1, 0.15) is 5.69 Å². The van der Waals surface area contributed by atoms with Crippen LogP contribution in [0.4, 0.5) is 5.69 Å². The number of para-hydroxylation sites is 1. The van der Waals surface area contributed by atoms with Crippen molar-refractivity contribution in [2.75, 3.05) is 4.90 Å². The van der Waals surface area contributed by atoms with Crippen molar-refractivity contribution in [2.24, 2.45) is 0 Å². The molecule has 0 unspecified atom stereocenters. The average Bonchev–Trinajstić information content (AvgIpc) is 2.75. The maximum Gasteiger partial charge on any atom is 0.270 e. The van der Waals surface area contributed by atoms with Crippen molar-refractivity contribution in [1.82, 2.24) is 4.98 Å². The van der Waals surface area contributed by atoms with Gasteiger partial charge >= 0.3 is 0 Å². The average molecular weight is 298 g/mol. The Morgan fingerprint density at radius 3 is 2.55 bits per heavy atom. The summed E-state index contributed by atoms with van der Waals surface area (Å²) in [7, 11) is 0. The van der Waals surface area contributed by atoms with Gasteiger partial charge in [0.2, 0.25) is 0 Å². The Labute approximate surface area is 126 Å². The van der Waals surface area contributed by atoms with E-state index in [1.807, 2.05) is 48.5 Å². The van der Waals surface area contributed by atoms with Crippen LogP contribution in [0.3, 0.4) is 0 Å². The van der Waals surface area contributed by atoms with E-state index in [2.05, 4.69) is 4.98 Å². The van der Waals surface area contributed by atoms with Gasteiger partial charge in [-0.2, -0.15) is 0 Å². The molecule has 1 aliphatic rings. The first-order chi connectivity index (χ1) is 9.75. The smallest absolute Gasteiger partial charge is 0.268 e. The first-order valence-electron chi connectivity index (χ1n) is 6.00. The summed E-state index contributed by atoms with van der Waals surface area (Å²) in [5.74, 6) is -0.100. The molecule has 0 saturated carbocycles. The van der Waals surface area contributed by atoms with Crippen LogP contribution >= 0.6 is 24.0 Å². The number of anilines is 1. The first-order valence-corrected chi connectivity index (χ1v) is 7.22. The van der Waals surface area contributed by atoms with Crippen LogP contribution in [0, 0.1) is 0 Å². The highest BCUT2D eigenvalue weighted by molar-refractivity contribution is 8.27. The van der Waals surface area contributed by atoms with Gasteiger partial charge in [-0.15, -0.1) is 0 Å². The monoisotopic (exact) mass is 298 g/mol. The maximum atomic E-state index is 12.4. The normalized spacial score (nSPS) is 17.0. The quantitative estimate of drug-likeness (QED) is 0.628. The highest BCUT2D eigenvalue weighted by Crippen LogP contribution is 2.35. The molecule has 2 heterocycles. The van der Waals surface area contributed by atoms with Crippen LogP contribution in [-0.2, 0) is 4.79 Å². The fourth-order valence-corrected chi connectivity index (χ4v) is 3.15. The number of benzene rings is 1. The van der Waals surface area contributed by atoms with E-state index in [0.717, 1.165) is 11.4 Å². The highest BCUT2D eigenvalue weighted by atomic mass is 32.2. The lowest BCUT2D eigenvalue weighted by Crippen LogP contribution is -2.27. The largest absolute Gasteiger partial charge is 0.270 e. The summed E-state index contributed by atoms with van der Waals surface area (Å²) >= 11 is 6.60. The molecule has 20 heavy (non-hydrogen) atoms. The Morgan fingerprint density at radius 1 is 1.10 bits per heavy atom. The molecule has 5 heteroatoms. The summed E-state index contributed by atoms with van der Waals surface area (Å²) < 4.78 is 0.545. The number of carbonyl (C=O) groups excluding carboxylic acids is 1. The highest BCUT2D eigenvalue weighted by Gasteiger charge is 2.33. The molecule has 0 N–H and O–H groups in total. The lowest BCUT2D eigenvalue weighted by atomic mass is 10.2. The van der Waals surface area contributed by atoms with Crippen molar-refractivity contribution in [3.63, 3.8) is 0 Å². The van der Waals surface area contributed by atoms with Gasteiger partial charge < -0.3 is 0 Å². The van der Waals surface area contributed by atoms with Gasteiger partial charge in [0.15, 0.2) is 4.32 Å². The summed E-state index contributed by atoms with van der Waals surface area (Å²) in [5, 5.41) is 0. The molecule has 3 rings (SSSR count). The third-order valence-corrected chi connectivity index (χ3v) is 4.08. The number of pyridine rings is 1. The predicted molar refractivity (Wildman–Crippen MR) is 86.3 cm³/mol. The van der Waals surface area contributed by atoms with Crippen molar-refractivity contribution in [3.8, 4) is 0 Å². The van der Waals surface area contributed by atoms with Crippen molar-refractivity contribution in [1.29, 1.82) is 0 Å². The molecule has 98 valence electrons. The minimum absolute atomic E-state index is 0.100. The lowest BCUT2D eigenvalue weighted by Gasteiger charge is -2.13. The molecule has 0 radical (unpaired) electrons. The van der Waals surface area contributed by atoms with E-state index in [9.17, 15) is 4.79 Å². The Kier molecular flexibility index (Phi) is 3.62. The third-order valence-electron chi connectivity index (χ3n) is 2.77. The zero-order valence-electron chi connectivity index (χ0n) is 10.4. The Morgan fingerprint density at radius 2 is 1.85 bits per heavy atom. The molecule has 0 aliphatic carbocycles. The fraction of sp³-hybridized carbons (Fsp3) is 0. The van der Waals surface area contributed by atoms with Crippen LogP contribution < -0.4 is 4.90 Å². The van der Waals surface area contributed by atoms with E-state index in [1.165, 1.54) is 11.8 Å². The van der Waals surface area contributed by atoms with Crippen LogP contribution in [0.15, 0.2) is 59.6 Å². The van der Waals surface area contributed by atoms with Crippen molar-refractivity contribution < 1.29 is 4.79 Å². The van der Waals surface area contributed by atoms with Gasteiger partial charge in [0.25, 0.3) is 5.91 Å². The van der Waals surface area contributed by atoms with Gasteiger partial charge in [0.1, 0.15) is 0 Å². The summed E-state index contributed by atoms with van der Waals surface area (Å²) in [4.78, 5) is 18.8. The standard InChI is InChI=1S/C15H10N2OS2/c18-14-13(10-11-6-4-5-9-16-11)20-15(19)17(14)12-7-2-1-3-8-12/h1-10H/b13-10+. The lowest BCUT2D eigenvalue weighted by molar-refractivity contribution is -0.113. The Bertz CT molecular complexity index is 684. The van der Waals surface area contributed by atoms with E-state index in [0.29, 0.717) is 9.23 Å². The van der Waals surface area contributed by atoms with E-state index in [-0.39, 0.29) is 5.91 Å². The van der Waals surface area contributed by atoms with Crippen LogP contribution in [0.2, 0.25) is 0 Å². The van der Waals surface area contributed by atoms with Crippen LogP contribution in [0.5, 0.6) is 0 Å². The number of amides is 1. The van der Waals surface area contributed by atoms with E-state index < -0.39 is 0 Å². The number of carbonyl (C=O) groups is 1. The molecule has 1 saturated heterocycles. The minimum atomic E-state index is -0.100. The Balaban J connectivity index is 1.93. The predicted octanol–water partition coefficient (Wildman–Crippen LogP) is 3.49. The van der Waals surface area contributed by atoms with Gasteiger partial charge in [-0.3, -0.25) is 14.7 Å². The number of nitrogens with zero attached hydrogens (tertiary/aromatic N) is 2.